The lowest BCUT2D eigenvalue weighted by Crippen LogP contribution is -2.19. The molecule has 0 saturated carbocycles. The molecule has 1 aromatic carbocycles. The largest absolute Gasteiger partial charge is 0.478 e. The van der Waals surface area contributed by atoms with Gasteiger partial charge in [-0.2, -0.15) is 5.10 Å². The number of hydrogen-bond acceptors (Lipinski definition) is 4. The fourth-order valence-corrected chi connectivity index (χ4v) is 1.84. The van der Waals surface area contributed by atoms with E-state index in [0.717, 1.165) is 6.20 Å². The molecule has 0 aliphatic rings. The third-order valence-electron chi connectivity index (χ3n) is 2.93. The first-order valence-corrected chi connectivity index (χ1v) is 6.08. The van der Waals surface area contributed by atoms with Crippen molar-refractivity contribution in [3.8, 4) is 0 Å². The monoisotopic (exact) mass is 287 g/mol. The van der Waals surface area contributed by atoms with E-state index in [0.29, 0.717) is 11.3 Å². The second-order valence-electron chi connectivity index (χ2n) is 4.42. The SMILES string of the molecule is CC(=O)c1ccc(NC(=O)c2c(C(=O)O)cnn2C)cc1. The van der Waals surface area contributed by atoms with Crippen molar-refractivity contribution < 1.29 is 19.5 Å². The van der Waals surface area contributed by atoms with Gasteiger partial charge in [0.15, 0.2) is 5.78 Å². The van der Waals surface area contributed by atoms with Crippen LogP contribution in [-0.2, 0) is 7.05 Å². The van der Waals surface area contributed by atoms with Gasteiger partial charge in [0.1, 0.15) is 11.3 Å². The molecule has 0 saturated heterocycles. The average Bonchev–Trinajstić information content (AvgIpc) is 2.81. The number of nitrogens with one attached hydrogen (secondary N) is 1. The summed E-state index contributed by atoms with van der Waals surface area (Å²) in [5.41, 5.74) is 0.774. The fraction of sp³-hybridized carbons (Fsp3) is 0.143. The summed E-state index contributed by atoms with van der Waals surface area (Å²) in [6.45, 7) is 1.45. The molecule has 1 amide bonds. The van der Waals surface area contributed by atoms with Gasteiger partial charge in [-0.05, 0) is 31.2 Å². The number of carboxylic acids is 1. The van der Waals surface area contributed by atoms with Gasteiger partial charge >= 0.3 is 5.97 Å². The van der Waals surface area contributed by atoms with Crippen molar-refractivity contribution in [1.82, 2.24) is 9.78 Å². The van der Waals surface area contributed by atoms with Gasteiger partial charge in [-0.3, -0.25) is 14.3 Å². The molecule has 0 aliphatic heterocycles. The Balaban J connectivity index is 2.24. The summed E-state index contributed by atoms with van der Waals surface area (Å²) < 4.78 is 1.20. The molecule has 2 rings (SSSR count). The molecule has 21 heavy (non-hydrogen) atoms. The van der Waals surface area contributed by atoms with E-state index in [1.807, 2.05) is 0 Å². The smallest absolute Gasteiger partial charge is 0.339 e. The minimum atomic E-state index is -1.22. The van der Waals surface area contributed by atoms with E-state index in [-0.39, 0.29) is 17.0 Å². The highest BCUT2D eigenvalue weighted by Gasteiger charge is 2.21. The van der Waals surface area contributed by atoms with Crippen molar-refractivity contribution in [2.75, 3.05) is 5.32 Å². The first-order chi connectivity index (χ1) is 9.90. The Hall–Kier alpha value is -2.96. The number of Topliss-reactive ketones (excluding diaryl/α,β-unsaturated/α-hetero) is 1. The molecule has 1 aromatic heterocycles. The molecule has 0 unspecified atom stereocenters. The molecule has 7 nitrogen and oxygen atoms in total. The molecular weight excluding hydrogens is 274 g/mol. The fourth-order valence-electron chi connectivity index (χ4n) is 1.84. The maximum absolute atomic E-state index is 12.1. The van der Waals surface area contributed by atoms with Crippen molar-refractivity contribution in [1.29, 1.82) is 0 Å². The highest BCUT2D eigenvalue weighted by molar-refractivity contribution is 6.09. The average molecular weight is 287 g/mol. The van der Waals surface area contributed by atoms with Gasteiger partial charge in [0.05, 0.1) is 6.20 Å². The lowest BCUT2D eigenvalue weighted by atomic mass is 10.1. The molecule has 2 aromatic rings. The number of benzene rings is 1. The number of ketones is 1. The maximum Gasteiger partial charge on any atom is 0.339 e. The molecule has 1 heterocycles. The third-order valence-corrected chi connectivity index (χ3v) is 2.93. The van der Waals surface area contributed by atoms with Gasteiger partial charge in [-0.15, -0.1) is 0 Å². The van der Waals surface area contributed by atoms with Crippen LogP contribution in [-0.4, -0.2) is 32.5 Å². The number of aromatic nitrogens is 2. The van der Waals surface area contributed by atoms with Crippen LogP contribution in [0.25, 0.3) is 0 Å². The van der Waals surface area contributed by atoms with Crippen LogP contribution in [0.2, 0.25) is 0 Å². The van der Waals surface area contributed by atoms with Crippen LogP contribution in [0.1, 0.15) is 38.1 Å². The van der Waals surface area contributed by atoms with E-state index in [4.69, 9.17) is 5.11 Å². The number of nitrogens with zero attached hydrogens (tertiary/aromatic N) is 2. The quantitative estimate of drug-likeness (QED) is 0.831. The Morgan fingerprint density at radius 3 is 2.33 bits per heavy atom. The summed E-state index contributed by atoms with van der Waals surface area (Å²) in [4.78, 5) is 34.3. The number of hydrogen-bond donors (Lipinski definition) is 2. The molecule has 0 bridgehead atoms. The predicted octanol–water partition coefficient (Wildman–Crippen LogP) is 1.57. The maximum atomic E-state index is 12.1. The van der Waals surface area contributed by atoms with Crippen LogP contribution in [0, 0.1) is 0 Å². The summed E-state index contributed by atoms with van der Waals surface area (Å²) in [5, 5.41) is 15.4. The van der Waals surface area contributed by atoms with E-state index < -0.39 is 11.9 Å². The Bertz CT molecular complexity index is 716. The predicted molar refractivity (Wildman–Crippen MR) is 74.6 cm³/mol. The molecule has 7 heteroatoms. The summed E-state index contributed by atoms with van der Waals surface area (Å²) >= 11 is 0. The summed E-state index contributed by atoms with van der Waals surface area (Å²) in [6.07, 6.45) is 1.12. The standard InChI is InChI=1S/C14H13N3O4/c1-8(18)9-3-5-10(6-4-9)16-13(19)12-11(14(20)21)7-15-17(12)2/h3-7H,1-2H3,(H,16,19)(H,20,21). The van der Waals surface area contributed by atoms with Gasteiger partial charge in [0.25, 0.3) is 5.91 Å². The van der Waals surface area contributed by atoms with Gasteiger partial charge in [0, 0.05) is 18.3 Å². The molecule has 2 N–H and O–H groups in total. The summed E-state index contributed by atoms with van der Waals surface area (Å²) in [7, 11) is 1.49. The molecule has 0 aliphatic carbocycles. The number of carbonyl (C=O) groups excluding carboxylic acids is 2. The van der Waals surface area contributed by atoms with Crippen molar-refractivity contribution in [3.05, 3.63) is 47.3 Å². The van der Waals surface area contributed by atoms with E-state index in [9.17, 15) is 14.4 Å². The van der Waals surface area contributed by atoms with Crippen molar-refractivity contribution in [3.63, 3.8) is 0 Å². The highest BCUT2D eigenvalue weighted by Crippen LogP contribution is 2.14. The molecular formula is C14H13N3O4. The number of aromatic carboxylic acids is 1. The van der Waals surface area contributed by atoms with E-state index >= 15 is 0 Å². The van der Waals surface area contributed by atoms with E-state index in [1.165, 1.54) is 18.7 Å². The van der Waals surface area contributed by atoms with Crippen molar-refractivity contribution in [2.45, 2.75) is 6.92 Å². The number of carboxylic acid groups (broad SMARTS) is 1. The second-order valence-corrected chi connectivity index (χ2v) is 4.42. The zero-order valence-corrected chi connectivity index (χ0v) is 11.5. The zero-order valence-electron chi connectivity index (χ0n) is 11.5. The topological polar surface area (TPSA) is 101 Å². The highest BCUT2D eigenvalue weighted by atomic mass is 16.4. The normalized spacial score (nSPS) is 10.2. The molecule has 0 fully saturated rings. The van der Waals surface area contributed by atoms with Gasteiger partial charge in [0.2, 0.25) is 0 Å². The number of rotatable bonds is 4. The first-order valence-electron chi connectivity index (χ1n) is 6.08. The van der Waals surface area contributed by atoms with Crippen LogP contribution < -0.4 is 5.32 Å². The van der Waals surface area contributed by atoms with Gasteiger partial charge in [-0.1, -0.05) is 0 Å². The van der Waals surface area contributed by atoms with Crippen LogP contribution >= 0.6 is 0 Å². The Morgan fingerprint density at radius 1 is 1.19 bits per heavy atom. The van der Waals surface area contributed by atoms with E-state index in [1.54, 1.807) is 24.3 Å². The number of anilines is 1. The Morgan fingerprint density at radius 2 is 1.81 bits per heavy atom. The van der Waals surface area contributed by atoms with Crippen molar-refractivity contribution in [2.24, 2.45) is 7.05 Å². The molecule has 0 radical (unpaired) electrons. The number of carbonyl (C=O) groups is 3. The number of aryl methyl sites for hydroxylation is 1. The van der Waals surface area contributed by atoms with Gasteiger partial charge in [-0.25, -0.2) is 4.79 Å². The Kier molecular flexibility index (Phi) is 3.84. The third kappa shape index (κ3) is 2.97. The van der Waals surface area contributed by atoms with Crippen molar-refractivity contribution >= 4 is 23.3 Å². The minimum absolute atomic E-state index is 0.0434. The van der Waals surface area contributed by atoms with Gasteiger partial charge < -0.3 is 10.4 Å². The van der Waals surface area contributed by atoms with Crippen LogP contribution in [0.5, 0.6) is 0 Å². The second kappa shape index (κ2) is 5.58. The zero-order chi connectivity index (χ0) is 15.6. The van der Waals surface area contributed by atoms with Crippen LogP contribution in [0.3, 0.4) is 0 Å². The summed E-state index contributed by atoms with van der Waals surface area (Å²) in [5.74, 6) is -1.88. The lowest BCUT2D eigenvalue weighted by Gasteiger charge is -2.07. The minimum Gasteiger partial charge on any atom is -0.478 e. The lowest BCUT2D eigenvalue weighted by molar-refractivity contribution is 0.0692. The van der Waals surface area contributed by atoms with Crippen LogP contribution in [0.15, 0.2) is 30.5 Å². The first kappa shape index (κ1) is 14.4. The number of amides is 1. The van der Waals surface area contributed by atoms with E-state index in [2.05, 4.69) is 10.4 Å². The Labute approximate surface area is 120 Å². The molecule has 0 atom stereocenters. The summed E-state index contributed by atoms with van der Waals surface area (Å²) in [6, 6.07) is 6.31. The van der Waals surface area contributed by atoms with Crippen LogP contribution in [0.4, 0.5) is 5.69 Å². The molecule has 108 valence electrons. The molecule has 0 spiro atoms.